The first-order valence-corrected chi connectivity index (χ1v) is 6.92. The van der Waals surface area contributed by atoms with E-state index in [0.717, 1.165) is 0 Å². The predicted octanol–water partition coefficient (Wildman–Crippen LogP) is 3.16. The number of benzene rings is 1. The lowest BCUT2D eigenvalue weighted by atomic mass is 10.2. The van der Waals surface area contributed by atoms with Gasteiger partial charge >= 0.3 is 12.1 Å². The molecule has 1 amide bonds. The van der Waals surface area contributed by atoms with Crippen molar-refractivity contribution in [3.63, 3.8) is 0 Å². The molecule has 0 radical (unpaired) electrons. The summed E-state index contributed by atoms with van der Waals surface area (Å²) in [6.45, 7) is 1.57. The molecule has 2 rings (SSSR count). The van der Waals surface area contributed by atoms with Crippen LogP contribution in [-0.4, -0.2) is 32.9 Å². The summed E-state index contributed by atoms with van der Waals surface area (Å²) < 4.78 is 37.7. The number of alkyl halides is 3. The largest absolute Gasteiger partial charge is 0.478 e. The highest BCUT2D eigenvalue weighted by atomic mass is 19.4. The van der Waals surface area contributed by atoms with Crippen LogP contribution in [0.1, 0.15) is 28.9 Å². The molecular formula is C15H14F3N3O3. The van der Waals surface area contributed by atoms with E-state index >= 15 is 0 Å². The second kappa shape index (κ2) is 6.73. The number of rotatable bonds is 5. The van der Waals surface area contributed by atoms with Crippen molar-refractivity contribution in [1.29, 1.82) is 0 Å². The van der Waals surface area contributed by atoms with Crippen molar-refractivity contribution in [3.05, 3.63) is 41.7 Å². The number of nitrogens with one attached hydrogen (secondary N) is 1. The molecule has 6 nitrogen and oxygen atoms in total. The molecular weight excluding hydrogens is 327 g/mol. The molecule has 0 aliphatic heterocycles. The number of aromatic nitrogens is 2. The van der Waals surface area contributed by atoms with E-state index in [2.05, 4.69) is 10.4 Å². The highest BCUT2D eigenvalue weighted by molar-refractivity contribution is 5.91. The highest BCUT2D eigenvalue weighted by Gasteiger charge is 2.27. The molecule has 0 unspecified atom stereocenters. The molecule has 1 aromatic heterocycles. The summed E-state index contributed by atoms with van der Waals surface area (Å²) in [5, 5.41) is 15.4. The minimum Gasteiger partial charge on any atom is -0.478 e. The minimum atomic E-state index is -4.39. The predicted molar refractivity (Wildman–Crippen MR) is 79.2 cm³/mol. The number of nitrogens with zero attached hydrogens (tertiary/aromatic N) is 2. The summed E-state index contributed by atoms with van der Waals surface area (Å²) in [4.78, 5) is 22.6. The summed E-state index contributed by atoms with van der Waals surface area (Å²) in [6.07, 6.45) is -5.05. The number of carbonyl (C=O) groups is 2. The topological polar surface area (TPSA) is 84.2 Å². The minimum absolute atomic E-state index is 0.0367. The number of anilines is 1. The van der Waals surface area contributed by atoms with Crippen molar-refractivity contribution < 1.29 is 27.9 Å². The van der Waals surface area contributed by atoms with Crippen LogP contribution in [-0.2, 0) is 4.79 Å². The van der Waals surface area contributed by atoms with Gasteiger partial charge in [0.2, 0.25) is 5.91 Å². The number of carbonyl (C=O) groups excluding carboxylic acids is 1. The monoisotopic (exact) mass is 341 g/mol. The lowest BCUT2D eigenvalue weighted by molar-refractivity contribution is -0.142. The van der Waals surface area contributed by atoms with Gasteiger partial charge in [-0.1, -0.05) is 6.07 Å². The number of hydrogen-bond donors (Lipinski definition) is 2. The van der Waals surface area contributed by atoms with Gasteiger partial charge in [-0.25, -0.2) is 9.48 Å². The Bertz CT molecular complexity index is 769. The first kappa shape index (κ1) is 17.5. The molecule has 0 spiro atoms. The fraction of sp³-hybridized carbons (Fsp3) is 0.267. The number of carboxylic acids is 1. The molecule has 0 aliphatic rings. The number of aromatic carboxylic acids is 1. The van der Waals surface area contributed by atoms with Crippen molar-refractivity contribution in [3.8, 4) is 5.69 Å². The van der Waals surface area contributed by atoms with Gasteiger partial charge in [-0.2, -0.15) is 18.3 Å². The third-order valence-corrected chi connectivity index (χ3v) is 3.25. The van der Waals surface area contributed by atoms with Gasteiger partial charge < -0.3 is 10.4 Å². The van der Waals surface area contributed by atoms with Gasteiger partial charge in [0.05, 0.1) is 24.0 Å². The first-order chi connectivity index (χ1) is 11.2. The SMILES string of the molecule is Cc1c(C(=O)O)cnn1-c1cccc(NC(=O)CCC(F)(F)F)c1. The smallest absolute Gasteiger partial charge is 0.389 e. The van der Waals surface area contributed by atoms with Crippen LogP contribution in [0, 0.1) is 6.92 Å². The average Bonchev–Trinajstić information content (AvgIpc) is 2.87. The molecule has 2 N–H and O–H groups in total. The van der Waals surface area contributed by atoms with E-state index in [-0.39, 0.29) is 5.56 Å². The molecule has 0 atom stereocenters. The molecule has 9 heteroatoms. The fourth-order valence-electron chi connectivity index (χ4n) is 2.07. The summed E-state index contributed by atoms with van der Waals surface area (Å²) >= 11 is 0. The normalized spacial score (nSPS) is 11.3. The van der Waals surface area contributed by atoms with Crippen molar-refractivity contribution >= 4 is 17.6 Å². The summed E-state index contributed by atoms with van der Waals surface area (Å²) in [6, 6.07) is 6.23. The Morgan fingerprint density at radius 3 is 2.62 bits per heavy atom. The van der Waals surface area contributed by atoms with Gasteiger partial charge in [0.15, 0.2) is 0 Å². The highest BCUT2D eigenvalue weighted by Crippen LogP contribution is 2.22. The average molecular weight is 341 g/mol. The van der Waals surface area contributed by atoms with Crippen LogP contribution in [0.15, 0.2) is 30.5 Å². The van der Waals surface area contributed by atoms with Crippen molar-refractivity contribution in [2.75, 3.05) is 5.32 Å². The van der Waals surface area contributed by atoms with E-state index in [1.54, 1.807) is 19.1 Å². The van der Waals surface area contributed by atoms with Crippen molar-refractivity contribution in [1.82, 2.24) is 9.78 Å². The second-order valence-electron chi connectivity index (χ2n) is 5.07. The summed E-state index contributed by atoms with van der Waals surface area (Å²) in [5.41, 5.74) is 1.21. The van der Waals surface area contributed by atoms with Crippen LogP contribution in [0.2, 0.25) is 0 Å². The molecule has 1 heterocycles. The third-order valence-electron chi connectivity index (χ3n) is 3.25. The summed E-state index contributed by atoms with van der Waals surface area (Å²) in [7, 11) is 0. The van der Waals surface area contributed by atoms with Crippen LogP contribution >= 0.6 is 0 Å². The molecule has 0 aliphatic carbocycles. The molecule has 2 aromatic rings. The van der Waals surface area contributed by atoms with E-state index < -0.39 is 30.9 Å². The second-order valence-corrected chi connectivity index (χ2v) is 5.07. The van der Waals surface area contributed by atoms with E-state index in [0.29, 0.717) is 17.1 Å². The molecule has 0 fully saturated rings. The zero-order valence-electron chi connectivity index (χ0n) is 12.6. The zero-order chi connectivity index (χ0) is 17.9. The van der Waals surface area contributed by atoms with E-state index in [1.807, 2.05) is 0 Å². The van der Waals surface area contributed by atoms with Gasteiger partial charge in [0, 0.05) is 12.1 Å². The van der Waals surface area contributed by atoms with Crippen LogP contribution in [0.5, 0.6) is 0 Å². The van der Waals surface area contributed by atoms with E-state index in [4.69, 9.17) is 5.11 Å². The number of amides is 1. The summed E-state index contributed by atoms with van der Waals surface area (Å²) in [5.74, 6) is -1.87. The van der Waals surface area contributed by atoms with Crippen molar-refractivity contribution in [2.45, 2.75) is 25.9 Å². The number of carboxylic acid groups (broad SMARTS) is 1. The van der Waals surface area contributed by atoms with Gasteiger partial charge in [-0.3, -0.25) is 4.79 Å². The molecule has 0 saturated carbocycles. The van der Waals surface area contributed by atoms with Crippen LogP contribution in [0.3, 0.4) is 0 Å². The lowest BCUT2D eigenvalue weighted by Crippen LogP contribution is -2.16. The molecule has 0 bridgehead atoms. The Morgan fingerprint density at radius 1 is 1.33 bits per heavy atom. The maximum Gasteiger partial charge on any atom is 0.389 e. The Labute approximate surface area is 134 Å². The van der Waals surface area contributed by atoms with Gasteiger partial charge in [-0.15, -0.1) is 0 Å². The van der Waals surface area contributed by atoms with Gasteiger partial charge in [0.1, 0.15) is 5.56 Å². The third kappa shape index (κ3) is 4.34. The van der Waals surface area contributed by atoms with E-state index in [1.165, 1.54) is 23.0 Å². The molecule has 0 saturated heterocycles. The van der Waals surface area contributed by atoms with Gasteiger partial charge in [0.25, 0.3) is 0 Å². The molecule has 24 heavy (non-hydrogen) atoms. The Hall–Kier alpha value is -2.84. The quantitative estimate of drug-likeness (QED) is 0.875. The standard InChI is InChI=1S/C15H14F3N3O3/c1-9-12(14(23)24)8-19-21(9)11-4-2-3-10(7-11)20-13(22)5-6-15(16,17)18/h2-4,7-8H,5-6H2,1H3,(H,20,22)(H,23,24). The molecule has 1 aromatic carbocycles. The van der Waals surface area contributed by atoms with Crippen LogP contribution in [0.4, 0.5) is 18.9 Å². The maximum absolute atomic E-state index is 12.1. The van der Waals surface area contributed by atoms with Gasteiger partial charge in [-0.05, 0) is 25.1 Å². The van der Waals surface area contributed by atoms with Crippen LogP contribution in [0.25, 0.3) is 5.69 Å². The first-order valence-electron chi connectivity index (χ1n) is 6.92. The maximum atomic E-state index is 12.1. The Kier molecular flexibility index (Phi) is 4.91. The number of hydrogen-bond acceptors (Lipinski definition) is 3. The fourth-order valence-corrected chi connectivity index (χ4v) is 2.07. The van der Waals surface area contributed by atoms with Crippen molar-refractivity contribution in [2.24, 2.45) is 0 Å². The lowest BCUT2D eigenvalue weighted by Gasteiger charge is -2.10. The Balaban J connectivity index is 2.15. The molecule has 128 valence electrons. The number of halogens is 3. The zero-order valence-corrected chi connectivity index (χ0v) is 12.6. The van der Waals surface area contributed by atoms with Crippen LogP contribution < -0.4 is 5.32 Å². The van der Waals surface area contributed by atoms with E-state index in [9.17, 15) is 22.8 Å². The Morgan fingerprint density at radius 2 is 2.04 bits per heavy atom.